The van der Waals surface area contributed by atoms with E-state index in [2.05, 4.69) is 181 Å². The van der Waals surface area contributed by atoms with Crippen molar-refractivity contribution in [2.24, 2.45) is 0 Å². The van der Waals surface area contributed by atoms with Crippen LogP contribution in [0.4, 0.5) is 17.1 Å². The summed E-state index contributed by atoms with van der Waals surface area (Å²) in [7, 11) is 0. The second kappa shape index (κ2) is 12.2. The van der Waals surface area contributed by atoms with Crippen molar-refractivity contribution in [1.82, 2.24) is 0 Å². The third-order valence-corrected chi connectivity index (χ3v) is 11.0. The Hall–Kier alpha value is -6.42. The molecule has 0 N–H and O–H groups in total. The van der Waals surface area contributed by atoms with Crippen LogP contribution in [0, 0.1) is 0 Å². The number of anilines is 3. The normalized spacial score (nSPS) is 11.5. The van der Waals surface area contributed by atoms with Gasteiger partial charge in [0.05, 0.1) is 5.69 Å². The lowest BCUT2D eigenvalue weighted by atomic mass is 9.93. The second-order valence-electron chi connectivity index (χ2n) is 12.9. The number of thiophene rings is 1. The fourth-order valence-corrected chi connectivity index (χ4v) is 8.62. The minimum atomic E-state index is 0.868. The number of nitrogens with zero attached hydrogens (tertiary/aromatic N) is 1. The van der Waals surface area contributed by atoms with Gasteiger partial charge >= 0.3 is 0 Å². The van der Waals surface area contributed by atoms with Crippen molar-refractivity contribution < 1.29 is 4.42 Å². The molecular weight excluding hydrogens is 639 g/mol. The SMILES string of the molecule is c1ccc(-c2cccc(-c3c(N(c4cccc(-c5ccccc5)c4)c4ccc5c(c4)oc4ccccc45)ccc4sc5ccccc5c34)c2)cc1. The van der Waals surface area contributed by atoms with E-state index in [0.29, 0.717) is 0 Å². The highest BCUT2D eigenvalue weighted by molar-refractivity contribution is 7.26. The van der Waals surface area contributed by atoms with Gasteiger partial charge in [-0.25, -0.2) is 0 Å². The van der Waals surface area contributed by atoms with Gasteiger partial charge in [-0.3, -0.25) is 0 Å². The van der Waals surface area contributed by atoms with Crippen LogP contribution in [-0.2, 0) is 0 Å². The first-order chi connectivity index (χ1) is 25.3. The third kappa shape index (κ3) is 5.10. The van der Waals surface area contributed by atoms with Crippen LogP contribution in [0.1, 0.15) is 0 Å². The summed E-state index contributed by atoms with van der Waals surface area (Å²) in [5.41, 5.74) is 12.1. The fraction of sp³-hybridized carbons (Fsp3) is 0. The Kier molecular flexibility index (Phi) is 7.04. The molecule has 0 aliphatic rings. The summed E-state index contributed by atoms with van der Waals surface area (Å²) in [6.45, 7) is 0. The van der Waals surface area contributed by atoms with E-state index in [9.17, 15) is 0 Å². The maximum Gasteiger partial charge on any atom is 0.137 e. The molecule has 3 heteroatoms. The van der Waals surface area contributed by atoms with Gasteiger partial charge in [0.25, 0.3) is 0 Å². The van der Waals surface area contributed by atoms with Crippen LogP contribution in [0.3, 0.4) is 0 Å². The van der Waals surface area contributed by atoms with Gasteiger partial charge in [-0.15, -0.1) is 11.3 Å². The van der Waals surface area contributed by atoms with E-state index in [1.807, 2.05) is 23.5 Å². The van der Waals surface area contributed by atoms with Crippen LogP contribution in [0.2, 0.25) is 0 Å². The number of hydrogen-bond acceptors (Lipinski definition) is 3. The fourth-order valence-electron chi connectivity index (χ4n) is 7.51. The Morgan fingerprint density at radius 1 is 0.373 bits per heavy atom. The molecular formula is C48H31NOS. The largest absolute Gasteiger partial charge is 0.456 e. The molecule has 0 atom stereocenters. The zero-order chi connectivity index (χ0) is 33.7. The van der Waals surface area contributed by atoms with Gasteiger partial charge in [0.15, 0.2) is 0 Å². The number of hydrogen-bond donors (Lipinski definition) is 0. The predicted octanol–water partition coefficient (Wildman–Crippen LogP) is 14.4. The molecule has 0 radical (unpaired) electrons. The minimum Gasteiger partial charge on any atom is -0.456 e. The van der Waals surface area contributed by atoms with E-state index < -0.39 is 0 Å². The molecule has 10 rings (SSSR count). The summed E-state index contributed by atoms with van der Waals surface area (Å²) in [5.74, 6) is 0. The number of fused-ring (bicyclic) bond motifs is 6. The lowest BCUT2D eigenvalue weighted by Gasteiger charge is -2.29. The molecule has 0 fully saturated rings. The molecule has 0 bridgehead atoms. The van der Waals surface area contributed by atoms with E-state index in [0.717, 1.165) is 44.6 Å². The standard InChI is InChI=1S/C48H31NOS/c1-3-13-32(14-4-1)34-17-11-19-36(29-34)47-42(27-28-46-48(47)41-22-8-10-24-45(41)51-46)49(37-20-12-18-35(30-37)33-15-5-2-6-16-33)38-25-26-40-39-21-7-9-23-43(39)50-44(40)31-38/h1-31H. The number of rotatable bonds is 6. The highest BCUT2D eigenvalue weighted by Gasteiger charge is 2.23. The van der Waals surface area contributed by atoms with Crippen LogP contribution < -0.4 is 4.90 Å². The topological polar surface area (TPSA) is 16.4 Å². The average molecular weight is 670 g/mol. The van der Waals surface area contributed by atoms with Crippen LogP contribution in [-0.4, -0.2) is 0 Å². The molecule has 0 saturated carbocycles. The van der Waals surface area contributed by atoms with E-state index in [1.165, 1.54) is 48.0 Å². The molecule has 0 amide bonds. The van der Waals surface area contributed by atoms with Crippen molar-refractivity contribution in [1.29, 1.82) is 0 Å². The van der Waals surface area contributed by atoms with Gasteiger partial charge in [-0.1, -0.05) is 127 Å². The maximum atomic E-state index is 6.48. The van der Waals surface area contributed by atoms with Crippen molar-refractivity contribution in [2.75, 3.05) is 4.90 Å². The van der Waals surface area contributed by atoms with E-state index in [1.54, 1.807) is 0 Å². The van der Waals surface area contributed by atoms with Gasteiger partial charge in [-0.05, 0) is 82.4 Å². The Bertz CT molecular complexity index is 2870. The summed E-state index contributed by atoms with van der Waals surface area (Å²) in [4.78, 5) is 2.41. The zero-order valence-corrected chi connectivity index (χ0v) is 28.5. The van der Waals surface area contributed by atoms with Crippen LogP contribution in [0.25, 0.3) is 75.5 Å². The third-order valence-electron chi connectivity index (χ3n) is 9.85. The molecule has 2 aromatic heterocycles. The Morgan fingerprint density at radius 3 is 1.78 bits per heavy atom. The van der Waals surface area contributed by atoms with Gasteiger partial charge < -0.3 is 9.32 Å². The molecule has 0 aliphatic carbocycles. The second-order valence-corrected chi connectivity index (χ2v) is 14.0. The first kappa shape index (κ1) is 29.5. The molecule has 2 heterocycles. The smallest absolute Gasteiger partial charge is 0.137 e. The maximum absolute atomic E-state index is 6.48. The predicted molar refractivity (Wildman–Crippen MR) is 218 cm³/mol. The van der Waals surface area contributed by atoms with Gasteiger partial charge in [0, 0.05) is 53.9 Å². The van der Waals surface area contributed by atoms with Gasteiger partial charge in [0.2, 0.25) is 0 Å². The zero-order valence-electron chi connectivity index (χ0n) is 27.7. The number of benzene rings is 8. The first-order valence-electron chi connectivity index (χ1n) is 17.3. The highest BCUT2D eigenvalue weighted by Crippen LogP contribution is 2.49. The Morgan fingerprint density at radius 2 is 0.980 bits per heavy atom. The average Bonchev–Trinajstić information content (AvgIpc) is 3.77. The molecule has 10 aromatic rings. The molecule has 0 unspecified atom stereocenters. The minimum absolute atomic E-state index is 0.868. The molecule has 0 saturated heterocycles. The summed E-state index contributed by atoms with van der Waals surface area (Å²) < 4.78 is 9.03. The number of furan rings is 1. The Balaban J connectivity index is 1.28. The quantitative estimate of drug-likeness (QED) is 0.175. The summed E-state index contributed by atoms with van der Waals surface area (Å²) in [6.07, 6.45) is 0. The Labute approximate surface area is 300 Å². The first-order valence-corrected chi connectivity index (χ1v) is 18.1. The van der Waals surface area contributed by atoms with Crippen molar-refractivity contribution in [3.05, 3.63) is 188 Å². The van der Waals surface area contributed by atoms with Crippen molar-refractivity contribution in [3.8, 4) is 33.4 Å². The van der Waals surface area contributed by atoms with E-state index in [4.69, 9.17) is 4.42 Å². The molecule has 240 valence electrons. The molecule has 51 heavy (non-hydrogen) atoms. The molecule has 0 aliphatic heterocycles. The molecule has 2 nitrogen and oxygen atoms in total. The van der Waals surface area contributed by atoms with Gasteiger partial charge in [0.1, 0.15) is 11.2 Å². The van der Waals surface area contributed by atoms with Crippen molar-refractivity contribution >= 4 is 70.5 Å². The van der Waals surface area contributed by atoms with Crippen LogP contribution in [0.5, 0.6) is 0 Å². The molecule has 0 spiro atoms. The van der Waals surface area contributed by atoms with Gasteiger partial charge in [-0.2, -0.15) is 0 Å². The monoisotopic (exact) mass is 669 g/mol. The van der Waals surface area contributed by atoms with Crippen molar-refractivity contribution in [3.63, 3.8) is 0 Å². The summed E-state index contributed by atoms with van der Waals surface area (Å²) in [5, 5.41) is 4.78. The summed E-state index contributed by atoms with van der Waals surface area (Å²) >= 11 is 1.85. The summed E-state index contributed by atoms with van der Waals surface area (Å²) in [6, 6.07) is 67.5. The van der Waals surface area contributed by atoms with Crippen molar-refractivity contribution in [2.45, 2.75) is 0 Å². The number of para-hydroxylation sites is 1. The van der Waals surface area contributed by atoms with E-state index >= 15 is 0 Å². The van der Waals surface area contributed by atoms with Crippen LogP contribution >= 0.6 is 11.3 Å². The van der Waals surface area contributed by atoms with Crippen LogP contribution in [0.15, 0.2) is 192 Å². The lowest BCUT2D eigenvalue weighted by molar-refractivity contribution is 0.669. The molecule has 8 aromatic carbocycles. The van der Waals surface area contributed by atoms with E-state index in [-0.39, 0.29) is 0 Å². The lowest BCUT2D eigenvalue weighted by Crippen LogP contribution is -2.11. The highest BCUT2D eigenvalue weighted by atomic mass is 32.1.